The smallest absolute Gasteiger partial charge is 0.387 e. The maximum absolute atomic E-state index is 13.6. The van der Waals surface area contributed by atoms with Gasteiger partial charge in [0.1, 0.15) is 5.75 Å². The maximum Gasteiger partial charge on any atom is 0.387 e. The molecule has 8 nitrogen and oxygen atoms in total. The molecule has 11 heteroatoms. The molecule has 3 aromatic rings. The number of hydrogen-bond acceptors (Lipinski definition) is 8. The van der Waals surface area contributed by atoms with E-state index in [0.717, 1.165) is 11.3 Å². The van der Waals surface area contributed by atoms with Crippen molar-refractivity contribution < 1.29 is 32.5 Å². The predicted molar refractivity (Wildman–Crippen MR) is 128 cm³/mol. The molecule has 1 aliphatic rings. The molecule has 0 saturated heterocycles. The second kappa shape index (κ2) is 10.3. The van der Waals surface area contributed by atoms with Crippen LogP contribution in [0.4, 0.5) is 8.78 Å². The van der Waals surface area contributed by atoms with Crippen LogP contribution < -0.4 is 29.1 Å². The number of esters is 1. The Hall–Kier alpha value is -3.99. The summed E-state index contributed by atoms with van der Waals surface area (Å²) in [4.78, 5) is 31.2. The largest absolute Gasteiger partial charge is 0.497 e. The zero-order valence-electron chi connectivity index (χ0n) is 19.8. The van der Waals surface area contributed by atoms with Crippen LogP contribution >= 0.6 is 11.3 Å². The first-order valence-electron chi connectivity index (χ1n) is 10.6. The number of thiazole rings is 1. The van der Waals surface area contributed by atoms with Crippen LogP contribution in [0.3, 0.4) is 0 Å². The molecule has 0 saturated carbocycles. The summed E-state index contributed by atoms with van der Waals surface area (Å²) in [6.45, 7) is -1.31. The number of rotatable bonds is 7. The van der Waals surface area contributed by atoms with Crippen LogP contribution in [0.2, 0.25) is 0 Å². The van der Waals surface area contributed by atoms with Gasteiger partial charge in [-0.05, 0) is 48.4 Å². The number of aromatic nitrogens is 1. The highest BCUT2D eigenvalue weighted by Gasteiger charge is 2.33. The molecular formula is C25H22F2N2O6S. The average Bonchev–Trinajstić information content (AvgIpc) is 3.17. The second-order valence-corrected chi connectivity index (χ2v) is 8.64. The number of ether oxygens (including phenoxy) is 4. The molecule has 0 spiro atoms. The van der Waals surface area contributed by atoms with E-state index >= 15 is 0 Å². The number of carbonyl (C=O) groups is 1. The van der Waals surface area contributed by atoms with Gasteiger partial charge in [-0.3, -0.25) is 9.36 Å². The Kier molecular flexibility index (Phi) is 7.20. The molecule has 36 heavy (non-hydrogen) atoms. The Balaban J connectivity index is 1.88. The van der Waals surface area contributed by atoms with Crippen molar-refractivity contribution in [2.75, 3.05) is 21.3 Å². The van der Waals surface area contributed by atoms with E-state index < -0.39 is 18.6 Å². The topological polar surface area (TPSA) is 88.4 Å². The van der Waals surface area contributed by atoms with Gasteiger partial charge in [-0.2, -0.15) is 8.78 Å². The van der Waals surface area contributed by atoms with Gasteiger partial charge in [-0.1, -0.05) is 29.5 Å². The Bertz CT molecular complexity index is 1510. The standard InChI is InChI=1S/C25H22F2N2O6S/c1-13-20(23(31)34-4)21(15-6-8-16(32-2)9-7-15)29-22(30)19(36-25(29)28-13)12-14-5-10-17(35-24(26)27)18(11-14)33-3/h5-12,21,24H,1-4H3. The van der Waals surface area contributed by atoms with Gasteiger partial charge in [-0.15, -0.1) is 0 Å². The number of alkyl halides is 2. The van der Waals surface area contributed by atoms with Crippen molar-refractivity contribution in [2.24, 2.45) is 4.99 Å². The van der Waals surface area contributed by atoms with Gasteiger partial charge in [0.05, 0.1) is 43.2 Å². The number of carbonyl (C=O) groups excluding carboxylic acids is 1. The van der Waals surface area contributed by atoms with Crippen molar-refractivity contribution in [1.82, 2.24) is 4.57 Å². The zero-order valence-corrected chi connectivity index (χ0v) is 20.6. The van der Waals surface area contributed by atoms with Crippen LogP contribution in [0.15, 0.2) is 63.5 Å². The lowest BCUT2D eigenvalue weighted by Crippen LogP contribution is -2.39. The van der Waals surface area contributed by atoms with E-state index in [2.05, 4.69) is 9.73 Å². The van der Waals surface area contributed by atoms with Crippen molar-refractivity contribution in [3.8, 4) is 17.2 Å². The summed E-state index contributed by atoms with van der Waals surface area (Å²) >= 11 is 1.14. The lowest BCUT2D eigenvalue weighted by atomic mass is 9.96. The number of halogens is 2. The first kappa shape index (κ1) is 25.1. The number of hydrogen-bond donors (Lipinski definition) is 0. The van der Waals surface area contributed by atoms with E-state index in [0.29, 0.717) is 31.9 Å². The van der Waals surface area contributed by atoms with E-state index in [1.165, 1.54) is 37.0 Å². The van der Waals surface area contributed by atoms with Gasteiger partial charge in [-0.25, -0.2) is 9.79 Å². The van der Waals surface area contributed by atoms with Gasteiger partial charge >= 0.3 is 12.6 Å². The SMILES string of the molecule is COC(=O)C1=C(C)N=c2sc(=Cc3ccc(OC(F)F)c(OC)c3)c(=O)n2C1c1ccc(OC)cc1. The van der Waals surface area contributed by atoms with Crippen molar-refractivity contribution in [3.05, 3.63) is 84.5 Å². The summed E-state index contributed by atoms with van der Waals surface area (Å²) < 4.78 is 46.9. The van der Waals surface area contributed by atoms with E-state index in [1.54, 1.807) is 44.4 Å². The molecule has 0 radical (unpaired) electrons. The van der Waals surface area contributed by atoms with Crippen LogP contribution in [0, 0.1) is 0 Å². The summed E-state index contributed by atoms with van der Waals surface area (Å²) in [5, 5.41) is 0. The molecule has 2 heterocycles. The van der Waals surface area contributed by atoms with E-state index in [4.69, 9.17) is 14.2 Å². The minimum Gasteiger partial charge on any atom is -0.497 e. The van der Waals surface area contributed by atoms with Crippen LogP contribution in [0.5, 0.6) is 17.2 Å². The highest BCUT2D eigenvalue weighted by Crippen LogP contribution is 2.32. The quantitative estimate of drug-likeness (QED) is 0.449. The monoisotopic (exact) mass is 516 g/mol. The molecule has 0 amide bonds. The lowest BCUT2D eigenvalue weighted by molar-refractivity contribution is -0.136. The Morgan fingerprint density at radius 2 is 1.81 bits per heavy atom. The fourth-order valence-electron chi connectivity index (χ4n) is 3.91. The van der Waals surface area contributed by atoms with Gasteiger partial charge in [0.15, 0.2) is 16.3 Å². The van der Waals surface area contributed by atoms with E-state index in [-0.39, 0.29) is 22.6 Å². The van der Waals surface area contributed by atoms with Crippen LogP contribution in [0.1, 0.15) is 24.1 Å². The third kappa shape index (κ3) is 4.74. The lowest BCUT2D eigenvalue weighted by Gasteiger charge is -2.24. The van der Waals surface area contributed by atoms with Crippen molar-refractivity contribution >= 4 is 23.4 Å². The second-order valence-electron chi connectivity index (χ2n) is 7.64. The summed E-state index contributed by atoms with van der Waals surface area (Å²) in [7, 11) is 4.15. The maximum atomic E-state index is 13.6. The molecule has 0 bridgehead atoms. The van der Waals surface area contributed by atoms with Crippen molar-refractivity contribution in [2.45, 2.75) is 19.6 Å². The minimum absolute atomic E-state index is 0.0942. The van der Waals surface area contributed by atoms with Crippen molar-refractivity contribution in [3.63, 3.8) is 0 Å². The highest BCUT2D eigenvalue weighted by molar-refractivity contribution is 7.07. The first-order chi connectivity index (χ1) is 17.3. The number of fused-ring (bicyclic) bond motifs is 1. The van der Waals surface area contributed by atoms with Gasteiger partial charge < -0.3 is 18.9 Å². The highest BCUT2D eigenvalue weighted by atomic mass is 32.1. The molecule has 4 rings (SSSR count). The van der Waals surface area contributed by atoms with Crippen LogP contribution in [0.25, 0.3) is 6.08 Å². The molecule has 0 fully saturated rings. The molecule has 2 aromatic carbocycles. The number of methoxy groups -OCH3 is 3. The van der Waals surface area contributed by atoms with E-state index in [1.807, 2.05) is 0 Å². The summed E-state index contributed by atoms with van der Waals surface area (Å²) in [6.07, 6.45) is 1.60. The third-order valence-corrected chi connectivity index (χ3v) is 6.54. The van der Waals surface area contributed by atoms with E-state index in [9.17, 15) is 18.4 Å². The number of benzene rings is 2. The number of allylic oxidation sites excluding steroid dienone is 1. The van der Waals surface area contributed by atoms with Gasteiger partial charge in [0.2, 0.25) is 0 Å². The van der Waals surface area contributed by atoms with Crippen LogP contribution in [-0.4, -0.2) is 38.5 Å². The summed E-state index contributed by atoms with van der Waals surface area (Å²) in [5.74, 6) is 0.00566. The Morgan fingerprint density at radius 3 is 2.42 bits per heavy atom. The zero-order chi connectivity index (χ0) is 26.0. The minimum atomic E-state index is -3.00. The van der Waals surface area contributed by atoms with Gasteiger partial charge in [0, 0.05) is 0 Å². The number of nitrogens with zero attached hydrogens (tertiary/aromatic N) is 2. The Morgan fingerprint density at radius 1 is 1.08 bits per heavy atom. The molecule has 0 N–H and O–H groups in total. The molecule has 1 aromatic heterocycles. The third-order valence-electron chi connectivity index (χ3n) is 5.56. The molecule has 188 valence electrons. The fourth-order valence-corrected chi connectivity index (χ4v) is 4.96. The normalized spacial score (nSPS) is 15.4. The van der Waals surface area contributed by atoms with Crippen molar-refractivity contribution in [1.29, 1.82) is 0 Å². The molecule has 0 aliphatic carbocycles. The first-order valence-corrected chi connectivity index (χ1v) is 11.5. The summed E-state index contributed by atoms with van der Waals surface area (Å²) in [6, 6.07) is 10.6. The average molecular weight is 517 g/mol. The Labute approximate surface area is 208 Å². The molecule has 1 aliphatic heterocycles. The van der Waals surface area contributed by atoms with Gasteiger partial charge in [0.25, 0.3) is 5.56 Å². The molecule has 1 atom stereocenters. The summed E-state index contributed by atoms with van der Waals surface area (Å²) in [5.41, 5.74) is 1.51. The molecular weight excluding hydrogens is 494 g/mol. The fraction of sp³-hybridized carbons (Fsp3) is 0.240. The predicted octanol–water partition coefficient (Wildman–Crippen LogP) is 3.03. The van der Waals surface area contributed by atoms with Crippen LogP contribution in [-0.2, 0) is 9.53 Å². The molecule has 1 unspecified atom stereocenters.